The highest BCUT2D eigenvalue weighted by molar-refractivity contribution is 7.21. The zero-order valence-corrected chi connectivity index (χ0v) is 10.7. The highest BCUT2D eigenvalue weighted by atomic mass is 32.1. The number of aromatic nitrogens is 1. The number of rotatable bonds is 2. The molecule has 0 spiro atoms. The Morgan fingerprint density at radius 3 is 2.61 bits per heavy atom. The molecular weight excluding hydrogens is 244 g/mol. The maximum Gasteiger partial charge on any atom is 0.145 e. The molecule has 18 heavy (non-hydrogen) atoms. The summed E-state index contributed by atoms with van der Waals surface area (Å²) in [6.07, 6.45) is 0. The number of para-hydroxylation sites is 1. The van der Waals surface area contributed by atoms with Crippen LogP contribution in [0.4, 0.5) is 5.69 Å². The van der Waals surface area contributed by atoms with Crippen molar-refractivity contribution in [1.29, 1.82) is 0 Å². The number of benzene rings is 2. The number of ether oxygens (including phenoxy) is 1. The number of nitrogen functional groups attached to an aromatic ring is 1. The lowest BCUT2D eigenvalue weighted by molar-refractivity contribution is 0.419. The molecule has 0 saturated carbocycles. The minimum Gasteiger partial charge on any atom is -0.494 e. The molecule has 0 radical (unpaired) electrons. The largest absolute Gasteiger partial charge is 0.494 e. The van der Waals surface area contributed by atoms with Crippen molar-refractivity contribution in [2.45, 2.75) is 0 Å². The van der Waals surface area contributed by atoms with Crippen molar-refractivity contribution in [2.24, 2.45) is 0 Å². The molecule has 0 amide bonds. The molecule has 4 heteroatoms. The molecule has 0 unspecified atom stereocenters. The van der Waals surface area contributed by atoms with Gasteiger partial charge in [0.25, 0.3) is 0 Å². The zero-order valence-electron chi connectivity index (χ0n) is 9.88. The van der Waals surface area contributed by atoms with Crippen LogP contribution in [-0.2, 0) is 0 Å². The van der Waals surface area contributed by atoms with Gasteiger partial charge in [-0.05, 0) is 36.4 Å². The monoisotopic (exact) mass is 256 g/mol. The van der Waals surface area contributed by atoms with Crippen LogP contribution in [0.15, 0.2) is 42.5 Å². The molecule has 2 aromatic carbocycles. The molecule has 3 rings (SSSR count). The quantitative estimate of drug-likeness (QED) is 0.713. The Morgan fingerprint density at radius 1 is 1.11 bits per heavy atom. The van der Waals surface area contributed by atoms with Gasteiger partial charge in [-0.2, -0.15) is 0 Å². The number of fused-ring (bicyclic) bond motifs is 1. The van der Waals surface area contributed by atoms with E-state index in [0.717, 1.165) is 32.2 Å². The van der Waals surface area contributed by atoms with Crippen LogP contribution in [0.25, 0.3) is 20.8 Å². The lowest BCUT2D eigenvalue weighted by Gasteiger charge is -1.98. The Hall–Kier alpha value is -2.07. The highest BCUT2D eigenvalue weighted by Gasteiger charge is 2.09. The molecule has 0 atom stereocenters. The summed E-state index contributed by atoms with van der Waals surface area (Å²) in [5, 5.41) is 0.981. The number of anilines is 1. The van der Waals surface area contributed by atoms with Gasteiger partial charge in [-0.25, -0.2) is 4.98 Å². The van der Waals surface area contributed by atoms with E-state index in [-0.39, 0.29) is 0 Å². The van der Waals surface area contributed by atoms with Gasteiger partial charge in [-0.15, -0.1) is 11.3 Å². The van der Waals surface area contributed by atoms with Gasteiger partial charge < -0.3 is 10.5 Å². The van der Waals surface area contributed by atoms with Crippen LogP contribution < -0.4 is 10.5 Å². The van der Waals surface area contributed by atoms with Crippen molar-refractivity contribution in [3.05, 3.63) is 42.5 Å². The smallest absolute Gasteiger partial charge is 0.145 e. The van der Waals surface area contributed by atoms with Gasteiger partial charge in [-0.1, -0.05) is 6.07 Å². The lowest BCUT2D eigenvalue weighted by Crippen LogP contribution is -1.84. The van der Waals surface area contributed by atoms with Gasteiger partial charge in [0, 0.05) is 11.3 Å². The van der Waals surface area contributed by atoms with Crippen LogP contribution in [0.3, 0.4) is 0 Å². The first-order chi connectivity index (χ1) is 8.78. The fraction of sp³-hybridized carbons (Fsp3) is 0.0714. The highest BCUT2D eigenvalue weighted by Crippen LogP contribution is 2.34. The van der Waals surface area contributed by atoms with E-state index in [1.165, 1.54) is 0 Å². The van der Waals surface area contributed by atoms with Gasteiger partial charge >= 0.3 is 0 Å². The van der Waals surface area contributed by atoms with Gasteiger partial charge in [0.2, 0.25) is 0 Å². The molecule has 3 nitrogen and oxygen atoms in total. The first-order valence-corrected chi connectivity index (χ1v) is 6.39. The van der Waals surface area contributed by atoms with Crippen LogP contribution in [0.5, 0.6) is 5.75 Å². The van der Waals surface area contributed by atoms with Gasteiger partial charge in [0.05, 0.1) is 11.8 Å². The van der Waals surface area contributed by atoms with E-state index in [1.807, 2.05) is 36.4 Å². The molecular formula is C14H12N2OS. The van der Waals surface area contributed by atoms with E-state index in [1.54, 1.807) is 18.4 Å². The van der Waals surface area contributed by atoms with Crippen molar-refractivity contribution in [3.8, 4) is 16.3 Å². The van der Waals surface area contributed by atoms with Crippen molar-refractivity contribution in [1.82, 2.24) is 4.98 Å². The van der Waals surface area contributed by atoms with Crippen molar-refractivity contribution in [3.63, 3.8) is 0 Å². The second-order valence-corrected chi connectivity index (χ2v) is 4.98. The van der Waals surface area contributed by atoms with E-state index in [2.05, 4.69) is 11.1 Å². The molecule has 0 aliphatic rings. The van der Waals surface area contributed by atoms with Gasteiger partial charge in [0.15, 0.2) is 0 Å². The van der Waals surface area contributed by atoms with Crippen LogP contribution in [0, 0.1) is 0 Å². The van der Waals surface area contributed by atoms with Crippen LogP contribution in [-0.4, -0.2) is 12.1 Å². The summed E-state index contributed by atoms with van der Waals surface area (Å²) >= 11 is 1.65. The predicted molar refractivity (Wildman–Crippen MR) is 76.0 cm³/mol. The van der Waals surface area contributed by atoms with Crippen LogP contribution in [0.2, 0.25) is 0 Å². The lowest BCUT2D eigenvalue weighted by atomic mass is 10.2. The maximum absolute atomic E-state index is 5.69. The summed E-state index contributed by atoms with van der Waals surface area (Å²) in [5.41, 5.74) is 8.44. The van der Waals surface area contributed by atoms with Crippen molar-refractivity contribution < 1.29 is 4.74 Å². The Kier molecular flexibility index (Phi) is 2.64. The maximum atomic E-state index is 5.69. The Labute approximate surface area is 109 Å². The molecule has 3 aromatic rings. The van der Waals surface area contributed by atoms with E-state index in [9.17, 15) is 0 Å². The fourth-order valence-electron chi connectivity index (χ4n) is 1.84. The number of nitrogens with zero attached hydrogens (tertiary/aromatic N) is 1. The number of thiazole rings is 1. The number of methoxy groups -OCH3 is 1. The molecule has 0 saturated heterocycles. The third-order valence-corrected chi connectivity index (χ3v) is 3.83. The first-order valence-electron chi connectivity index (χ1n) is 5.57. The molecule has 1 heterocycles. The van der Waals surface area contributed by atoms with Crippen molar-refractivity contribution >= 4 is 27.2 Å². The van der Waals surface area contributed by atoms with E-state index < -0.39 is 0 Å². The zero-order chi connectivity index (χ0) is 12.5. The summed E-state index contributed by atoms with van der Waals surface area (Å²) in [6, 6.07) is 13.7. The minimum atomic E-state index is 0.762. The van der Waals surface area contributed by atoms with Crippen molar-refractivity contribution in [2.75, 3.05) is 12.8 Å². The standard InChI is InChI=1S/C14H12N2OS/c1-17-11-3-2-4-12-13(11)16-14(18-12)9-5-7-10(15)8-6-9/h2-8H,15H2,1H3. The Balaban J connectivity index is 2.16. The summed E-state index contributed by atoms with van der Waals surface area (Å²) in [5.74, 6) is 0.811. The second kappa shape index (κ2) is 4.31. The summed E-state index contributed by atoms with van der Waals surface area (Å²) in [6.45, 7) is 0. The first kappa shape index (κ1) is 11.0. The summed E-state index contributed by atoms with van der Waals surface area (Å²) < 4.78 is 6.45. The molecule has 0 bridgehead atoms. The normalized spacial score (nSPS) is 10.7. The fourth-order valence-corrected chi connectivity index (χ4v) is 2.83. The third-order valence-electron chi connectivity index (χ3n) is 2.76. The average Bonchev–Trinajstić information content (AvgIpc) is 2.83. The Bertz CT molecular complexity index is 689. The average molecular weight is 256 g/mol. The molecule has 0 aliphatic carbocycles. The summed E-state index contributed by atoms with van der Waals surface area (Å²) in [7, 11) is 1.66. The number of hydrogen-bond donors (Lipinski definition) is 1. The number of nitrogens with two attached hydrogens (primary N) is 1. The SMILES string of the molecule is COc1cccc2sc(-c3ccc(N)cc3)nc12. The van der Waals surface area contributed by atoms with Crippen LogP contribution >= 0.6 is 11.3 Å². The van der Waals surface area contributed by atoms with E-state index in [4.69, 9.17) is 10.5 Å². The number of hydrogen-bond acceptors (Lipinski definition) is 4. The van der Waals surface area contributed by atoms with Crippen LogP contribution in [0.1, 0.15) is 0 Å². The molecule has 90 valence electrons. The predicted octanol–water partition coefficient (Wildman–Crippen LogP) is 3.55. The minimum absolute atomic E-state index is 0.762. The van der Waals surface area contributed by atoms with Gasteiger partial charge in [-0.3, -0.25) is 0 Å². The molecule has 1 aromatic heterocycles. The third kappa shape index (κ3) is 1.80. The summed E-state index contributed by atoms with van der Waals surface area (Å²) in [4.78, 5) is 4.64. The van der Waals surface area contributed by atoms with Gasteiger partial charge in [0.1, 0.15) is 16.3 Å². The topological polar surface area (TPSA) is 48.1 Å². The Morgan fingerprint density at radius 2 is 1.89 bits per heavy atom. The second-order valence-electron chi connectivity index (χ2n) is 3.95. The molecule has 0 aliphatic heterocycles. The van der Waals surface area contributed by atoms with E-state index >= 15 is 0 Å². The molecule has 2 N–H and O–H groups in total. The molecule has 0 fully saturated rings. The van der Waals surface area contributed by atoms with E-state index in [0.29, 0.717) is 0 Å².